The number of benzene rings is 1. The lowest BCUT2D eigenvalue weighted by Gasteiger charge is -2.16. The normalized spacial score (nSPS) is 12.3. The first-order valence-electron chi connectivity index (χ1n) is 6.49. The van der Waals surface area contributed by atoms with Crippen LogP contribution in [-0.2, 0) is 12.8 Å². The van der Waals surface area contributed by atoms with Gasteiger partial charge in [-0.1, -0.05) is 12.1 Å². The number of aryl methyl sites for hydroxylation is 1. The van der Waals surface area contributed by atoms with Gasteiger partial charge in [0.1, 0.15) is 11.6 Å². The summed E-state index contributed by atoms with van der Waals surface area (Å²) >= 11 is 0. The maximum Gasteiger partial charge on any atom is 0.129 e. The number of halogens is 2. The van der Waals surface area contributed by atoms with E-state index in [1.807, 2.05) is 18.2 Å². The Morgan fingerprint density at radius 2 is 2.05 bits per heavy atom. The maximum atomic E-state index is 13.6. The van der Waals surface area contributed by atoms with Crippen LogP contribution in [0.5, 0.6) is 0 Å². The van der Waals surface area contributed by atoms with Crippen molar-refractivity contribution < 1.29 is 8.78 Å². The second-order valence-corrected chi connectivity index (χ2v) is 4.66. The number of hydrogen-bond donors (Lipinski definition) is 2. The molecule has 0 amide bonds. The molecule has 0 spiro atoms. The van der Waals surface area contributed by atoms with E-state index in [9.17, 15) is 8.78 Å². The van der Waals surface area contributed by atoms with E-state index in [4.69, 9.17) is 5.84 Å². The van der Waals surface area contributed by atoms with Gasteiger partial charge in [0.05, 0.1) is 0 Å². The predicted molar refractivity (Wildman–Crippen MR) is 73.7 cm³/mol. The lowest BCUT2D eigenvalue weighted by molar-refractivity contribution is 0.476. The highest BCUT2D eigenvalue weighted by molar-refractivity contribution is 5.19. The highest BCUT2D eigenvalue weighted by Crippen LogP contribution is 2.13. The van der Waals surface area contributed by atoms with Crippen LogP contribution >= 0.6 is 0 Å². The summed E-state index contributed by atoms with van der Waals surface area (Å²) in [5.41, 5.74) is 4.09. The molecule has 0 bridgehead atoms. The molecule has 1 aromatic carbocycles. The number of pyridine rings is 1. The molecule has 0 aliphatic carbocycles. The van der Waals surface area contributed by atoms with E-state index >= 15 is 0 Å². The number of nitrogens with zero attached hydrogens (tertiary/aromatic N) is 1. The van der Waals surface area contributed by atoms with Crippen molar-refractivity contribution in [3.63, 3.8) is 0 Å². The third-order valence-corrected chi connectivity index (χ3v) is 3.19. The van der Waals surface area contributed by atoms with Crippen molar-refractivity contribution in [1.82, 2.24) is 10.4 Å². The molecule has 1 atom stereocenters. The Morgan fingerprint density at radius 1 is 1.20 bits per heavy atom. The second kappa shape index (κ2) is 7.07. The minimum atomic E-state index is -0.572. The fourth-order valence-electron chi connectivity index (χ4n) is 2.07. The molecule has 0 saturated carbocycles. The molecule has 0 fully saturated rings. The lowest BCUT2D eigenvalue weighted by Crippen LogP contribution is -2.37. The van der Waals surface area contributed by atoms with Crippen molar-refractivity contribution in [3.05, 3.63) is 65.5 Å². The largest absolute Gasteiger partial charge is 0.271 e. The SMILES string of the molecule is NNC(CCc1ccccn1)Cc1ccc(F)cc1F. The summed E-state index contributed by atoms with van der Waals surface area (Å²) in [6, 6.07) is 9.23. The van der Waals surface area contributed by atoms with Gasteiger partial charge in [-0.15, -0.1) is 0 Å². The molecule has 0 saturated heterocycles. The third-order valence-electron chi connectivity index (χ3n) is 3.19. The number of hydrazine groups is 1. The molecule has 3 nitrogen and oxygen atoms in total. The predicted octanol–water partition coefficient (Wildman–Crippen LogP) is 2.37. The molecule has 2 rings (SSSR count). The van der Waals surface area contributed by atoms with Gasteiger partial charge < -0.3 is 0 Å². The first-order chi connectivity index (χ1) is 9.69. The molecular formula is C15H17F2N3. The summed E-state index contributed by atoms with van der Waals surface area (Å²) in [6.45, 7) is 0. The smallest absolute Gasteiger partial charge is 0.129 e. The van der Waals surface area contributed by atoms with Crippen molar-refractivity contribution in [2.24, 2.45) is 5.84 Å². The van der Waals surface area contributed by atoms with E-state index in [0.29, 0.717) is 12.0 Å². The number of nitrogens with two attached hydrogens (primary N) is 1. The van der Waals surface area contributed by atoms with Crippen LogP contribution in [0.25, 0.3) is 0 Å². The van der Waals surface area contributed by atoms with Crippen molar-refractivity contribution in [1.29, 1.82) is 0 Å². The van der Waals surface area contributed by atoms with Gasteiger partial charge >= 0.3 is 0 Å². The lowest BCUT2D eigenvalue weighted by atomic mass is 10.0. The number of hydrogen-bond acceptors (Lipinski definition) is 3. The van der Waals surface area contributed by atoms with Crippen molar-refractivity contribution in [3.8, 4) is 0 Å². The first kappa shape index (κ1) is 14.6. The maximum absolute atomic E-state index is 13.6. The topological polar surface area (TPSA) is 50.9 Å². The molecule has 1 heterocycles. The zero-order valence-electron chi connectivity index (χ0n) is 11.0. The van der Waals surface area contributed by atoms with Gasteiger partial charge in [0.2, 0.25) is 0 Å². The van der Waals surface area contributed by atoms with E-state index < -0.39 is 11.6 Å². The Morgan fingerprint density at radius 3 is 2.70 bits per heavy atom. The van der Waals surface area contributed by atoms with E-state index in [2.05, 4.69) is 10.4 Å². The minimum Gasteiger partial charge on any atom is -0.271 e. The Labute approximate surface area is 116 Å². The fraction of sp³-hybridized carbons (Fsp3) is 0.267. The fourth-order valence-corrected chi connectivity index (χ4v) is 2.07. The Bertz CT molecular complexity index is 546. The van der Waals surface area contributed by atoms with E-state index in [0.717, 1.165) is 24.6 Å². The Kier molecular flexibility index (Phi) is 5.15. The van der Waals surface area contributed by atoms with Crippen LogP contribution in [0.3, 0.4) is 0 Å². The van der Waals surface area contributed by atoms with Gasteiger partial charge in [-0.2, -0.15) is 0 Å². The number of nitrogens with one attached hydrogen (secondary N) is 1. The van der Waals surface area contributed by atoms with Crippen LogP contribution in [0.15, 0.2) is 42.6 Å². The molecule has 0 aliphatic rings. The van der Waals surface area contributed by atoms with Crippen LogP contribution in [0.2, 0.25) is 0 Å². The summed E-state index contributed by atoms with van der Waals surface area (Å²) in [5, 5.41) is 0. The summed E-state index contributed by atoms with van der Waals surface area (Å²) in [6.07, 6.45) is 3.62. The highest BCUT2D eigenvalue weighted by atomic mass is 19.1. The number of rotatable bonds is 6. The first-order valence-corrected chi connectivity index (χ1v) is 6.49. The van der Waals surface area contributed by atoms with Crippen molar-refractivity contribution in [2.45, 2.75) is 25.3 Å². The summed E-state index contributed by atoms with van der Waals surface area (Å²) in [5.74, 6) is 4.39. The van der Waals surface area contributed by atoms with Crippen LogP contribution in [0.4, 0.5) is 8.78 Å². The zero-order valence-corrected chi connectivity index (χ0v) is 11.0. The zero-order chi connectivity index (χ0) is 14.4. The molecule has 1 aromatic heterocycles. The summed E-state index contributed by atoms with van der Waals surface area (Å²) in [4.78, 5) is 4.23. The average Bonchev–Trinajstić information content (AvgIpc) is 2.46. The minimum absolute atomic E-state index is 0.0861. The standard InChI is InChI=1S/C15H17F2N3/c16-12-5-4-11(15(17)10-12)9-14(20-18)7-6-13-3-1-2-8-19-13/h1-5,8,10,14,20H,6-7,9,18H2. The van der Waals surface area contributed by atoms with Crippen LogP contribution in [0.1, 0.15) is 17.7 Å². The molecule has 20 heavy (non-hydrogen) atoms. The quantitative estimate of drug-likeness (QED) is 0.629. The molecular weight excluding hydrogens is 260 g/mol. The van der Waals surface area contributed by atoms with Gasteiger partial charge in [0, 0.05) is 24.0 Å². The summed E-state index contributed by atoms with van der Waals surface area (Å²) in [7, 11) is 0. The monoisotopic (exact) mass is 277 g/mol. The van der Waals surface area contributed by atoms with Crippen LogP contribution in [0, 0.1) is 11.6 Å². The molecule has 5 heteroatoms. The van der Waals surface area contributed by atoms with Gasteiger partial charge in [0.25, 0.3) is 0 Å². The molecule has 0 radical (unpaired) electrons. The van der Waals surface area contributed by atoms with E-state index in [1.165, 1.54) is 12.1 Å². The molecule has 106 valence electrons. The average molecular weight is 277 g/mol. The van der Waals surface area contributed by atoms with Crippen LogP contribution < -0.4 is 11.3 Å². The highest BCUT2D eigenvalue weighted by Gasteiger charge is 2.12. The second-order valence-electron chi connectivity index (χ2n) is 4.66. The van der Waals surface area contributed by atoms with E-state index in [1.54, 1.807) is 6.20 Å². The summed E-state index contributed by atoms with van der Waals surface area (Å²) < 4.78 is 26.4. The van der Waals surface area contributed by atoms with Crippen LogP contribution in [-0.4, -0.2) is 11.0 Å². The number of aromatic nitrogens is 1. The molecule has 1 unspecified atom stereocenters. The van der Waals surface area contributed by atoms with E-state index in [-0.39, 0.29) is 6.04 Å². The van der Waals surface area contributed by atoms with Gasteiger partial charge in [-0.3, -0.25) is 16.3 Å². The molecule has 3 N–H and O–H groups in total. The Hall–Kier alpha value is -1.85. The van der Waals surface area contributed by atoms with Gasteiger partial charge in [-0.25, -0.2) is 8.78 Å². The van der Waals surface area contributed by atoms with Crippen molar-refractivity contribution >= 4 is 0 Å². The third kappa shape index (κ3) is 4.08. The van der Waals surface area contributed by atoms with Gasteiger partial charge in [-0.05, 0) is 43.0 Å². The molecule has 2 aromatic rings. The van der Waals surface area contributed by atoms with Gasteiger partial charge in [0.15, 0.2) is 0 Å². The molecule has 0 aliphatic heterocycles. The Balaban J connectivity index is 1.95. The van der Waals surface area contributed by atoms with Crippen molar-refractivity contribution in [2.75, 3.05) is 0 Å².